The maximum Gasteiger partial charge on any atom is 0.230 e. The molecule has 0 spiro atoms. The van der Waals surface area contributed by atoms with Gasteiger partial charge in [0.05, 0.1) is 6.54 Å². The van der Waals surface area contributed by atoms with E-state index in [1.807, 2.05) is 37.4 Å². The van der Waals surface area contributed by atoms with E-state index in [0.717, 1.165) is 42.8 Å². The average molecular weight is 428 g/mol. The van der Waals surface area contributed by atoms with Crippen molar-refractivity contribution in [2.45, 2.75) is 50.8 Å². The van der Waals surface area contributed by atoms with E-state index in [-0.39, 0.29) is 12.0 Å². The molecule has 1 saturated carbocycles. The summed E-state index contributed by atoms with van der Waals surface area (Å²) in [7, 11) is 1.99. The summed E-state index contributed by atoms with van der Waals surface area (Å²) in [5, 5.41) is 9.22. The number of pyridine rings is 1. The topological polar surface area (TPSA) is 90.3 Å². The maximum absolute atomic E-state index is 6.08. The SMILES string of the molecule is CN(Cc1nnc([C@H]2CC[C@H](Oc3ccccn3)CC2)o1)Cc1cc(Cl)ccc1N. The summed E-state index contributed by atoms with van der Waals surface area (Å²) in [4.78, 5) is 6.32. The molecule has 0 unspecified atom stereocenters. The lowest BCUT2D eigenvalue weighted by atomic mass is 9.87. The standard InChI is InChI=1S/C22H26ClN5O2/c1-28(13-16-12-17(23)7-10-19(16)24)14-21-26-27-22(30-21)15-5-8-18(9-6-15)29-20-4-2-3-11-25-20/h2-4,7,10-12,15,18H,5-6,8-9,13-14,24H2,1H3/t15-,18-. The van der Waals surface area contributed by atoms with Crippen molar-refractivity contribution >= 4 is 17.3 Å². The molecule has 1 fully saturated rings. The van der Waals surface area contributed by atoms with Gasteiger partial charge < -0.3 is 14.9 Å². The molecule has 0 radical (unpaired) electrons. The minimum absolute atomic E-state index is 0.188. The molecule has 2 heterocycles. The highest BCUT2D eigenvalue weighted by Gasteiger charge is 2.27. The quantitative estimate of drug-likeness (QED) is 0.557. The molecule has 1 aromatic carbocycles. The normalized spacial score (nSPS) is 19.2. The number of hydrogen-bond donors (Lipinski definition) is 1. The molecule has 0 bridgehead atoms. The monoisotopic (exact) mass is 427 g/mol. The van der Waals surface area contributed by atoms with Crippen LogP contribution in [-0.2, 0) is 13.1 Å². The first-order valence-corrected chi connectivity index (χ1v) is 10.6. The molecular formula is C22H26ClN5O2. The molecular weight excluding hydrogens is 402 g/mol. The summed E-state index contributed by atoms with van der Waals surface area (Å²) in [5.74, 6) is 2.30. The lowest BCUT2D eigenvalue weighted by molar-refractivity contribution is 0.135. The van der Waals surface area contributed by atoms with E-state index in [9.17, 15) is 0 Å². The number of aromatic nitrogens is 3. The Hall–Kier alpha value is -2.64. The number of nitrogens with zero attached hydrogens (tertiary/aromatic N) is 4. The Morgan fingerprint density at radius 2 is 1.97 bits per heavy atom. The van der Waals surface area contributed by atoms with E-state index in [1.165, 1.54) is 0 Å². The molecule has 0 aliphatic heterocycles. The zero-order valence-electron chi connectivity index (χ0n) is 17.0. The molecule has 0 amide bonds. The van der Waals surface area contributed by atoms with Crippen LogP contribution in [0.3, 0.4) is 0 Å². The fourth-order valence-corrected chi connectivity index (χ4v) is 3.99. The Kier molecular flexibility index (Phi) is 6.50. The molecule has 2 aromatic heterocycles. The van der Waals surface area contributed by atoms with Gasteiger partial charge in [-0.05, 0) is 62.6 Å². The summed E-state index contributed by atoms with van der Waals surface area (Å²) in [6, 6.07) is 11.2. The van der Waals surface area contributed by atoms with E-state index in [1.54, 1.807) is 12.3 Å². The first kappa shape index (κ1) is 20.6. The summed E-state index contributed by atoms with van der Waals surface area (Å²) in [5.41, 5.74) is 7.75. The van der Waals surface area contributed by atoms with Crippen molar-refractivity contribution in [1.82, 2.24) is 20.1 Å². The number of rotatable bonds is 7. The Morgan fingerprint density at radius 3 is 2.73 bits per heavy atom. The van der Waals surface area contributed by atoms with Gasteiger partial charge in [0.25, 0.3) is 0 Å². The highest BCUT2D eigenvalue weighted by Crippen LogP contribution is 2.33. The Bertz CT molecular complexity index is 957. The molecule has 2 N–H and O–H groups in total. The zero-order chi connectivity index (χ0) is 20.9. The number of halogens is 1. The molecule has 158 valence electrons. The average Bonchev–Trinajstić information content (AvgIpc) is 3.20. The number of ether oxygens (including phenoxy) is 1. The first-order chi connectivity index (χ1) is 14.6. The van der Waals surface area contributed by atoms with Crippen LogP contribution in [0.25, 0.3) is 0 Å². The van der Waals surface area contributed by atoms with Gasteiger partial charge in [0, 0.05) is 35.4 Å². The molecule has 3 aromatic rings. The van der Waals surface area contributed by atoms with E-state index in [0.29, 0.717) is 29.9 Å². The van der Waals surface area contributed by atoms with Gasteiger partial charge in [0.1, 0.15) is 6.10 Å². The minimum atomic E-state index is 0.188. The minimum Gasteiger partial charge on any atom is -0.474 e. The third kappa shape index (κ3) is 5.29. The van der Waals surface area contributed by atoms with Crippen molar-refractivity contribution in [2.24, 2.45) is 0 Å². The lowest BCUT2D eigenvalue weighted by Gasteiger charge is -2.26. The van der Waals surface area contributed by atoms with Crippen LogP contribution < -0.4 is 10.5 Å². The second kappa shape index (κ2) is 9.45. The zero-order valence-corrected chi connectivity index (χ0v) is 17.8. The van der Waals surface area contributed by atoms with Crippen LogP contribution in [-0.4, -0.2) is 33.2 Å². The molecule has 8 heteroatoms. The summed E-state index contributed by atoms with van der Waals surface area (Å²) in [6.45, 7) is 1.21. The summed E-state index contributed by atoms with van der Waals surface area (Å²) < 4.78 is 11.9. The molecule has 4 rings (SSSR count). The molecule has 1 aliphatic rings. The van der Waals surface area contributed by atoms with Crippen molar-refractivity contribution in [3.8, 4) is 5.88 Å². The van der Waals surface area contributed by atoms with Crippen molar-refractivity contribution in [3.05, 3.63) is 65.0 Å². The van der Waals surface area contributed by atoms with Gasteiger partial charge in [-0.25, -0.2) is 4.98 Å². The maximum atomic E-state index is 6.08. The summed E-state index contributed by atoms with van der Waals surface area (Å²) >= 11 is 6.08. The van der Waals surface area contributed by atoms with Gasteiger partial charge in [-0.3, -0.25) is 4.90 Å². The molecule has 30 heavy (non-hydrogen) atoms. The van der Waals surface area contributed by atoms with Crippen LogP contribution in [0.15, 0.2) is 47.0 Å². The van der Waals surface area contributed by atoms with Crippen LogP contribution in [0.5, 0.6) is 5.88 Å². The van der Waals surface area contributed by atoms with Gasteiger partial charge in [-0.1, -0.05) is 17.7 Å². The predicted octanol–water partition coefficient (Wildman–Crippen LogP) is 4.44. The number of benzene rings is 1. The predicted molar refractivity (Wildman–Crippen MR) is 115 cm³/mol. The van der Waals surface area contributed by atoms with E-state index < -0.39 is 0 Å². The molecule has 0 saturated heterocycles. The van der Waals surface area contributed by atoms with Gasteiger partial charge in [-0.15, -0.1) is 10.2 Å². The Balaban J connectivity index is 1.28. The lowest BCUT2D eigenvalue weighted by Crippen LogP contribution is -2.23. The van der Waals surface area contributed by atoms with Gasteiger partial charge in [-0.2, -0.15) is 0 Å². The van der Waals surface area contributed by atoms with Crippen LogP contribution in [0, 0.1) is 0 Å². The highest BCUT2D eigenvalue weighted by atomic mass is 35.5. The van der Waals surface area contributed by atoms with Crippen LogP contribution >= 0.6 is 11.6 Å². The van der Waals surface area contributed by atoms with Crippen molar-refractivity contribution < 1.29 is 9.15 Å². The van der Waals surface area contributed by atoms with Crippen LogP contribution in [0.2, 0.25) is 5.02 Å². The number of hydrogen-bond acceptors (Lipinski definition) is 7. The third-order valence-electron chi connectivity index (χ3n) is 5.38. The fourth-order valence-electron chi connectivity index (χ4n) is 3.80. The Morgan fingerprint density at radius 1 is 1.13 bits per heavy atom. The van der Waals surface area contributed by atoms with Crippen molar-refractivity contribution in [1.29, 1.82) is 0 Å². The van der Waals surface area contributed by atoms with Gasteiger partial charge >= 0.3 is 0 Å². The van der Waals surface area contributed by atoms with E-state index in [4.69, 9.17) is 26.5 Å². The van der Waals surface area contributed by atoms with Gasteiger partial charge in [0.2, 0.25) is 17.7 Å². The van der Waals surface area contributed by atoms with Gasteiger partial charge in [0.15, 0.2) is 0 Å². The molecule has 0 atom stereocenters. The largest absolute Gasteiger partial charge is 0.474 e. The fraction of sp³-hybridized carbons (Fsp3) is 0.409. The molecule has 7 nitrogen and oxygen atoms in total. The van der Waals surface area contributed by atoms with E-state index >= 15 is 0 Å². The highest BCUT2D eigenvalue weighted by molar-refractivity contribution is 6.30. The first-order valence-electron chi connectivity index (χ1n) is 10.2. The Labute approximate surface area is 181 Å². The summed E-state index contributed by atoms with van der Waals surface area (Å²) in [6.07, 6.45) is 5.77. The third-order valence-corrected chi connectivity index (χ3v) is 5.62. The second-order valence-electron chi connectivity index (χ2n) is 7.81. The smallest absolute Gasteiger partial charge is 0.230 e. The van der Waals surface area contributed by atoms with Crippen molar-refractivity contribution in [3.63, 3.8) is 0 Å². The molecule has 1 aliphatic carbocycles. The van der Waals surface area contributed by atoms with Crippen LogP contribution in [0.4, 0.5) is 5.69 Å². The number of anilines is 1. The van der Waals surface area contributed by atoms with E-state index in [2.05, 4.69) is 20.1 Å². The van der Waals surface area contributed by atoms with Crippen molar-refractivity contribution in [2.75, 3.05) is 12.8 Å². The van der Waals surface area contributed by atoms with Crippen LogP contribution in [0.1, 0.15) is 48.9 Å². The number of nitrogens with two attached hydrogens (primary N) is 1. The second-order valence-corrected chi connectivity index (χ2v) is 8.25. The number of nitrogen functional groups attached to an aromatic ring is 1.